The summed E-state index contributed by atoms with van der Waals surface area (Å²) in [5, 5.41) is 9.63. The van der Waals surface area contributed by atoms with Gasteiger partial charge in [-0.1, -0.05) is 30.3 Å². The highest BCUT2D eigenvalue weighted by atomic mass is 16.5. The van der Waals surface area contributed by atoms with E-state index in [4.69, 9.17) is 4.74 Å². The molecule has 2 aromatic rings. The first-order chi connectivity index (χ1) is 8.65. The van der Waals surface area contributed by atoms with Crippen molar-refractivity contribution in [2.24, 2.45) is 0 Å². The van der Waals surface area contributed by atoms with Gasteiger partial charge in [-0.05, 0) is 19.1 Å². The van der Waals surface area contributed by atoms with Gasteiger partial charge in [-0.25, -0.2) is 0 Å². The zero-order valence-electron chi connectivity index (χ0n) is 10.3. The molecule has 0 radical (unpaired) electrons. The molecule has 92 valence electrons. The van der Waals surface area contributed by atoms with Crippen LogP contribution in [0, 0.1) is 6.92 Å². The van der Waals surface area contributed by atoms with Gasteiger partial charge in [0.05, 0.1) is 7.11 Å². The number of carbonyl (C=O) groups is 1. The number of phenolic OH excluding ortho intramolecular Hbond substituents is 1. The number of aromatic hydroxyl groups is 1. The van der Waals surface area contributed by atoms with Crippen LogP contribution in [0.3, 0.4) is 0 Å². The molecule has 0 atom stereocenters. The van der Waals surface area contributed by atoms with Gasteiger partial charge in [0.15, 0.2) is 17.3 Å². The largest absolute Gasteiger partial charge is 0.504 e. The molecule has 0 fully saturated rings. The predicted molar refractivity (Wildman–Crippen MR) is 69.3 cm³/mol. The number of phenols is 1. The molecule has 2 rings (SSSR count). The smallest absolute Gasteiger partial charge is 0.193 e. The maximum absolute atomic E-state index is 12.3. The highest BCUT2D eigenvalue weighted by Crippen LogP contribution is 2.32. The van der Waals surface area contributed by atoms with Gasteiger partial charge in [0, 0.05) is 16.7 Å². The van der Waals surface area contributed by atoms with Gasteiger partial charge in [-0.3, -0.25) is 4.79 Å². The molecule has 0 unspecified atom stereocenters. The summed E-state index contributed by atoms with van der Waals surface area (Å²) in [6.45, 7) is 1.76. The third-order valence-electron chi connectivity index (χ3n) is 2.87. The Morgan fingerprint density at radius 3 is 2.39 bits per heavy atom. The van der Waals surface area contributed by atoms with Crippen molar-refractivity contribution in [1.29, 1.82) is 0 Å². The summed E-state index contributed by atoms with van der Waals surface area (Å²) in [4.78, 5) is 12.3. The first-order valence-corrected chi connectivity index (χ1v) is 5.61. The summed E-state index contributed by atoms with van der Waals surface area (Å²) < 4.78 is 5.10. The maximum Gasteiger partial charge on any atom is 0.193 e. The van der Waals surface area contributed by atoms with Crippen LogP contribution in [0.15, 0.2) is 42.5 Å². The number of rotatable bonds is 3. The molecule has 0 spiro atoms. The Bertz CT molecular complexity index is 574. The molecule has 18 heavy (non-hydrogen) atoms. The Kier molecular flexibility index (Phi) is 3.33. The van der Waals surface area contributed by atoms with Crippen molar-refractivity contribution in [3.05, 3.63) is 59.2 Å². The fourth-order valence-electron chi connectivity index (χ4n) is 1.93. The average Bonchev–Trinajstić information content (AvgIpc) is 2.40. The molecule has 0 aliphatic rings. The van der Waals surface area contributed by atoms with Gasteiger partial charge in [0.25, 0.3) is 0 Å². The highest BCUT2D eigenvalue weighted by molar-refractivity contribution is 6.10. The van der Waals surface area contributed by atoms with Crippen LogP contribution in [-0.2, 0) is 0 Å². The monoisotopic (exact) mass is 242 g/mol. The molecule has 0 aromatic heterocycles. The fraction of sp³-hybridized carbons (Fsp3) is 0.133. The number of carbonyl (C=O) groups excluding carboxylic acids is 1. The second kappa shape index (κ2) is 4.92. The lowest BCUT2D eigenvalue weighted by Crippen LogP contribution is -2.04. The van der Waals surface area contributed by atoms with Crippen LogP contribution in [0.1, 0.15) is 21.5 Å². The van der Waals surface area contributed by atoms with E-state index in [1.165, 1.54) is 13.2 Å². The first-order valence-electron chi connectivity index (χ1n) is 5.61. The van der Waals surface area contributed by atoms with E-state index in [0.717, 1.165) is 0 Å². The zero-order valence-corrected chi connectivity index (χ0v) is 10.3. The van der Waals surface area contributed by atoms with Crippen LogP contribution >= 0.6 is 0 Å². The van der Waals surface area contributed by atoms with E-state index < -0.39 is 0 Å². The second-order valence-corrected chi connectivity index (χ2v) is 3.99. The summed E-state index contributed by atoms with van der Waals surface area (Å²) in [6, 6.07) is 12.1. The fourth-order valence-corrected chi connectivity index (χ4v) is 1.93. The number of hydrogen-bond donors (Lipinski definition) is 1. The molecule has 1 N–H and O–H groups in total. The SMILES string of the molecule is COc1c(O)ccc(C(=O)c2ccccc2)c1C. The highest BCUT2D eigenvalue weighted by Gasteiger charge is 2.16. The van der Waals surface area contributed by atoms with Crippen molar-refractivity contribution < 1.29 is 14.6 Å². The van der Waals surface area contributed by atoms with Gasteiger partial charge < -0.3 is 9.84 Å². The Morgan fingerprint density at radius 1 is 1.11 bits per heavy atom. The standard InChI is InChI=1S/C15H14O3/c1-10-12(8-9-13(16)15(10)18-2)14(17)11-6-4-3-5-7-11/h3-9,16H,1-2H3. The predicted octanol–water partition coefficient (Wildman–Crippen LogP) is 2.94. The number of ketones is 1. The summed E-state index contributed by atoms with van der Waals surface area (Å²) in [6.07, 6.45) is 0. The molecule has 2 aromatic carbocycles. The second-order valence-electron chi connectivity index (χ2n) is 3.99. The van der Waals surface area contributed by atoms with Gasteiger partial charge in [-0.15, -0.1) is 0 Å². The van der Waals surface area contributed by atoms with Gasteiger partial charge in [0.2, 0.25) is 0 Å². The average molecular weight is 242 g/mol. The summed E-state index contributed by atoms with van der Waals surface area (Å²) >= 11 is 0. The molecule has 0 aliphatic heterocycles. The Morgan fingerprint density at radius 2 is 1.78 bits per heavy atom. The van der Waals surface area contributed by atoms with Crippen molar-refractivity contribution in [2.75, 3.05) is 7.11 Å². The summed E-state index contributed by atoms with van der Waals surface area (Å²) in [5.74, 6) is 0.308. The van der Waals surface area contributed by atoms with Crippen molar-refractivity contribution in [2.45, 2.75) is 6.92 Å². The quantitative estimate of drug-likeness (QED) is 0.842. The van der Waals surface area contributed by atoms with E-state index in [1.807, 2.05) is 18.2 Å². The number of ether oxygens (including phenoxy) is 1. The van der Waals surface area contributed by atoms with Gasteiger partial charge >= 0.3 is 0 Å². The lowest BCUT2D eigenvalue weighted by atomic mass is 9.98. The third-order valence-corrected chi connectivity index (χ3v) is 2.87. The van der Waals surface area contributed by atoms with Crippen molar-refractivity contribution in [1.82, 2.24) is 0 Å². The van der Waals surface area contributed by atoms with E-state index in [0.29, 0.717) is 22.4 Å². The van der Waals surface area contributed by atoms with Crippen LogP contribution < -0.4 is 4.74 Å². The van der Waals surface area contributed by atoms with Crippen LogP contribution in [0.25, 0.3) is 0 Å². The summed E-state index contributed by atoms with van der Waals surface area (Å²) in [7, 11) is 1.47. The maximum atomic E-state index is 12.3. The number of methoxy groups -OCH3 is 1. The van der Waals surface area contributed by atoms with E-state index in [2.05, 4.69) is 0 Å². The van der Waals surface area contributed by atoms with Crippen molar-refractivity contribution in [3.8, 4) is 11.5 Å². The molecular weight excluding hydrogens is 228 g/mol. The number of hydrogen-bond acceptors (Lipinski definition) is 3. The Hall–Kier alpha value is -2.29. The molecule has 0 bridgehead atoms. The molecule has 0 saturated carbocycles. The third kappa shape index (κ3) is 2.07. The van der Waals surface area contributed by atoms with Gasteiger partial charge in [-0.2, -0.15) is 0 Å². The Balaban J connectivity index is 2.50. The van der Waals surface area contributed by atoms with Crippen molar-refractivity contribution >= 4 is 5.78 Å². The zero-order chi connectivity index (χ0) is 13.1. The van der Waals surface area contributed by atoms with Gasteiger partial charge in [0.1, 0.15) is 0 Å². The topological polar surface area (TPSA) is 46.5 Å². The summed E-state index contributed by atoms with van der Waals surface area (Å²) in [5.41, 5.74) is 1.80. The molecule has 0 heterocycles. The van der Waals surface area contributed by atoms with E-state index in [9.17, 15) is 9.90 Å². The molecular formula is C15H14O3. The van der Waals surface area contributed by atoms with Crippen LogP contribution in [-0.4, -0.2) is 18.0 Å². The van der Waals surface area contributed by atoms with E-state index in [-0.39, 0.29) is 11.5 Å². The van der Waals surface area contributed by atoms with E-state index in [1.54, 1.807) is 25.1 Å². The molecule has 0 saturated heterocycles. The molecule has 0 aliphatic carbocycles. The molecule has 3 heteroatoms. The van der Waals surface area contributed by atoms with Crippen molar-refractivity contribution in [3.63, 3.8) is 0 Å². The van der Waals surface area contributed by atoms with Crippen LogP contribution in [0.2, 0.25) is 0 Å². The lowest BCUT2D eigenvalue weighted by molar-refractivity contribution is 0.103. The Labute approximate surface area is 106 Å². The number of benzene rings is 2. The van der Waals surface area contributed by atoms with Crippen LogP contribution in [0.4, 0.5) is 0 Å². The minimum Gasteiger partial charge on any atom is -0.504 e. The minimum atomic E-state index is -0.0774. The first kappa shape index (κ1) is 12.2. The lowest BCUT2D eigenvalue weighted by Gasteiger charge is -2.11. The normalized spacial score (nSPS) is 10.1. The molecule has 0 amide bonds. The minimum absolute atomic E-state index is 0.0413. The van der Waals surface area contributed by atoms with Crippen LogP contribution in [0.5, 0.6) is 11.5 Å². The van der Waals surface area contributed by atoms with E-state index >= 15 is 0 Å². The molecule has 3 nitrogen and oxygen atoms in total.